The van der Waals surface area contributed by atoms with Crippen LogP contribution in [0.15, 0.2) is 159 Å². The second-order valence-electron chi connectivity index (χ2n) is 11.6. The maximum Gasteiger partial charge on any atom is 0.153 e. The summed E-state index contributed by atoms with van der Waals surface area (Å²) < 4.78 is 18.3. The minimum absolute atomic E-state index is 0.797. The molecule has 4 heterocycles. The van der Waals surface area contributed by atoms with Crippen LogP contribution in [0.2, 0.25) is 0 Å². The molecule has 6 aromatic carbocycles. The highest BCUT2D eigenvalue weighted by atomic mass is 16.3. The van der Waals surface area contributed by atoms with Crippen molar-refractivity contribution < 1.29 is 13.3 Å². The van der Waals surface area contributed by atoms with Gasteiger partial charge in [0.15, 0.2) is 5.58 Å². The molecule has 0 radical (unpaired) electrons. The number of pyridine rings is 1. The van der Waals surface area contributed by atoms with E-state index in [0.717, 1.165) is 94.1 Å². The quantitative estimate of drug-likeness (QED) is 0.203. The lowest BCUT2D eigenvalue weighted by atomic mass is 10.0. The normalized spacial score (nSPS) is 11.9. The zero-order chi connectivity index (χ0) is 30.2. The van der Waals surface area contributed by atoms with Gasteiger partial charge < -0.3 is 18.2 Å². The zero-order valence-electron chi connectivity index (χ0n) is 24.5. The van der Waals surface area contributed by atoms with Crippen LogP contribution in [0.3, 0.4) is 0 Å². The molecule has 0 saturated heterocycles. The molecule has 0 aliphatic heterocycles. The number of aromatic nitrogens is 1. The van der Waals surface area contributed by atoms with E-state index in [9.17, 15) is 0 Å². The van der Waals surface area contributed by atoms with Crippen LogP contribution < -0.4 is 4.90 Å². The van der Waals surface area contributed by atoms with Crippen molar-refractivity contribution in [2.24, 2.45) is 0 Å². The van der Waals surface area contributed by atoms with Crippen LogP contribution in [-0.4, -0.2) is 4.98 Å². The average molecular weight is 593 g/mol. The lowest BCUT2D eigenvalue weighted by Crippen LogP contribution is -2.09. The molecule has 46 heavy (non-hydrogen) atoms. The fraction of sp³-hybridized carbons (Fsp3) is 0. The van der Waals surface area contributed by atoms with Crippen molar-refractivity contribution in [3.05, 3.63) is 146 Å². The van der Waals surface area contributed by atoms with Crippen LogP contribution >= 0.6 is 0 Å². The van der Waals surface area contributed by atoms with Crippen molar-refractivity contribution in [2.45, 2.75) is 0 Å². The number of nitrogens with zero attached hydrogens (tertiary/aromatic N) is 2. The minimum Gasteiger partial charge on any atom is -0.456 e. The van der Waals surface area contributed by atoms with E-state index in [0.29, 0.717) is 0 Å². The molecule has 0 spiro atoms. The van der Waals surface area contributed by atoms with Gasteiger partial charge in [-0.25, -0.2) is 0 Å². The second-order valence-corrected chi connectivity index (χ2v) is 11.6. The summed E-state index contributed by atoms with van der Waals surface area (Å²) in [5, 5.41) is 5.38. The van der Waals surface area contributed by atoms with Gasteiger partial charge in [-0.1, -0.05) is 54.6 Å². The van der Waals surface area contributed by atoms with E-state index in [1.807, 2.05) is 42.5 Å². The minimum atomic E-state index is 0.797. The third-order valence-corrected chi connectivity index (χ3v) is 8.92. The maximum absolute atomic E-state index is 6.17. The van der Waals surface area contributed by atoms with Crippen molar-refractivity contribution in [3.8, 4) is 11.1 Å². The predicted molar refractivity (Wildman–Crippen MR) is 186 cm³/mol. The van der Waals surface area contributed by atoms with E-state index in [-0.39, 0.29) is 0 Å². The third-order valence-electron chi connectivity index (χ3n) is 8.92. The summed E-state index contributed by atoms with van der Waals surface area (Å²) >= 11 is 0. The topological polar surface area (TPSA) is 55.6 Å². The second kappa shape index (κ2) is 9.58. The number of rotatable bonds is 4. The summed E-state index contributed by atoms with van der Waals surface area (Å²) in [4.78, 5) is 6.86. The Labute approximate surface area is 262 Å². The van der Waals surface area contributed by atoms with E-state index in [1.54, 1.807) is 6.20 Å². The number of para-hydroxylation sites is 2. The Morgan fingerprint density at radius 3 is 1.54 bits per heavy atom. The molecule has 4 aromatic heterocycles. The highest BCUT2D eigenvalue weighted by molar-refractivity contribution is 6.08. The zero-order valence-corrected chi connectivity index (χ0v) is 24.5. The molecule has 5 heteroatoms. The predicted octanol–water partition coefficient (Wildman–Crippen LogP) is 11.9. The van der Waals surface area contributed by atoms with E-state index in [4.69, 9.17) is 13.3 Å². The van der Waals surface area contributed by atoms with Crippen LogP contribution in [0.4, 0.5) is 17.1 Å². The molecule has 216 valence electrons. The molecule has 0 atom stereocenters. The van der Waals surface area contributed by atoms with E-state index in [2.05, 4.69) is 107 Å². The first kappa shape index (κ1) is 25.0. The molecule has 0 aliphatic carbocycles. The van der Waals surface area contributed by atoms with Crippen LogP contribution in [0.1, 0.15) is 0 Å². The summed E-state index contributed by atoms with van der Waals surface area (Å²) in [6.45, 7) is 0. The Bertz CT molecular complexity index is 2650. The van der Waals surface area contributed by atoms with Crippen LogP contribution in [0.25, 0.3) is 77.1 Å². The van der Waals surface area contributed by atoms with Gasteiger partial charge in [0.25, 0.3) is 0 Å². The summed E-state index contributed by atoms with van der Waals surface area (Å²) in [5.74, 6) is 0. The van der Waals surface area contributed by atoms with Crippen molar-refractivity contribution >= 4 is 83.0 Å². The van der Waals surface area contributed by atoms with Gasteiger partial charge in [-0.15, -0.1) is 0 Å². The molecule has 0 unspecified atom stereocenters. The highest BCUT2D eigenvalue weighted by Crippen LogP contribution is 2.41. The SMILES string of the molecule is c1ccc2c(c1)oc1ccc(N(c3ccc(-c4ccc5oc6cccnc6c5c4)cc3)c3ccc4oc5ccccc5c4c3)cc12. The Hall–Kier alpha value is -6.33. The van der Waals surface area contributed by atoms with Crippen LogP contribution in [0.5, 0.6) is 0 Å². The van der Waals surface area contributed by atoms with Crippen molar-refractivity contribution in [3.63, 3.8) is 0 Å². The highest BCUT2D eigenvalue weighted by Gasteiger charge is 2.18. The molecule has 0 N–H and O–H groups in total. The number of hydrogen-bond donors (Lipinski definition) is 0. The lowest BCUT2D eigenvalue weighted by molar-refractivity contribution is 0.668. The van der Waals surface area contributed by atoms with E-state index in [1.165, 1.54) is 0 Å². The van der Waals surface area contributed by atoms with Gasteiger partial charge in [0.1, 0.15) is 33.4 Å². The molecule has 0 saturated carbocycles. The number of anilines is 3. The fourth-order valence-corrected chi connectivity index (χ4v) is 6.73. The first-order valence-electron chi connectivity index (χ1n) is 15.3. The average Bonchev–Trinajstić information content (AvgIpc) is 3.79. The maximum atomic E-state index is 6.17. The number of fused-ring (bicyclic) bond motifs is 9. The van der Waals surface area contributed by atoms with Gasteiger partial charge in [-0.2, -0.15) is 0 Å². The van der Waals surface area contributed by atoms with Gasteiger partial charge in [0.05, 0.1) is 0 Å². The van der Waals surface area contributed by atoms with E-state index >= 15 is 0 Å². The van der Waals surface area contributed by atoms with Gasteiger partial charge >= 0.3 is 0 Å². The summed E-state index contributed by atoms with van der Waals surface area (Å²) in [6.07, 6.45) is 1.81. The fourth-order valence-electron chi connectivity index (χ4n) is 6.73. The van der Waals surface area contributed by atoms with Gasteiger partial charge in [-0.3, -0.25) is 4.98 Å². The summed E-state index contributed by atoms with van der Waals surface area (Å²) in [5.41, 5.74) is 11.4. The lowest BCUT2D eigenvalue weighted by Gasteiger charge is -2.26. The third kappa shape index (κ3) is 3.79. The summed E-state index contributed by atoms with van der Waals surface area (Å²) in [6, 6.07) is 48.1. The Balaban J connectivity index is 1.13. The van der Waals surface area contributed by atoms with Crippen LogP contribution in [0, 0.1) is 0 Å². The smallest absolute Gasteiger partial charge is 0.153 e. The Morgan fingerprint density at radius 1 is 0.370 bits per heavy atom. The Kier molecular flexibility index (Phi) is 5.22. The van der Waals surface area contributed by atoms with Crippen molar-refractivity contribution in [2.75, 3.05) is 4.90 Å². The first-order chi connectivity index (χ1) is 22.8. The number of furan rings is 3. The van der Waals surface area contributed by atoms with Gasteiger partial charge in [0.2, 0.25) is 0 Å². The molecule has 0 bridgehead atoms. The molecule has 10 aromatic rings. The monoisotopic (exact) mass is 592 g/mol. The number of benzene rings is 6. The number of hydrogen-bond acceptors (Lipinski definition) is 5. The van der Waals surface area contributed by atoms with E-state index < -0.39 is 0 Å². The Morgan fingerprint density at radius 2 is 0.870 bits per heavy atom. The van der Waals surface area contributed by atoms with Crippen LogP contribution in [-0.2, 0) is 0 Å². The van der Waals surface area contributed by atoms with Gasteiger partial charge in [-0.05, 0) is 96.1 Å². The largest absolute Gasteiger partial charge is 0.456 e. The summed E-state index contributed by atoms with van der Waals surface area (Å²) in [7, 11) is 0. The molecular formula is C41H24N2O3. The van der Waals surface area contributed by atoms with Crippen molar-refractivity contribution in [1.82, 2.24) is 4.98 Å². The van der Waals surface area contributed by atoms with Crippen molar-refractivity contribution in [1.29, 1.82) is 0 Å². The molecule has 0 amide bonds. The molecular weight excluding hydrogens is 568 g/mol. The standard InChI is InChI=1S/C41H24N2O3/c1-3-8-35-30(6-1)32-23-28(16-19-37(32)44-35)43(29-17-20-38-33(24-29)31-7-2-4-9-36(31)45-38)27-14-11-25(12-15-27)26-13-18-39-34(22-26)41-40(46-39)10-5-21-42-41/h1-24H. The molecule has 10 rings (SSSR count). The molecule has 0 aliphatic rings. The van der Waals surface area contributed by atoms with Gasteiger partial charge in [0, 0.05) is 50.2 Å². The molecule has 5 nitrogen and oxygen atoms in total. The first-order valence-corrected chi connectivity index (χ1v) is 15.3. The molecule has 0 fully saturated rings.